The molecule has 0 radical (unpaired) electrons. The first kappa shape index (κ1) is 15.9. The molecule has 0 saturated heterocycles. The first-order valence-corrected chi connectivity index (χ1v) is 7.88. The summed E-state index contributed by atoms with van der Waals surface area (Å²) in [6.07, 6.45) is 0. The Bertz CT molecular complexity index is 870. The molecule has 0 aliphatic rings. The van der Waals surface area contributed by atoms with Crippen molar-refractivity contribution in [1.82, 2.24) is 10.1 Å². The molecule has 0 spiro atoms. The van der Waals surface area contributed by atoms with E-state index in [9.17, 15) is 4.79 Å². The fraction of sp³-hybridized carbons (Fsp3) is 0.211. The molecule has 1 heterocycles. The predicted octanol–water partition coefficient (Wildman–Crippen LogP) is 4.02. The Morgan fingerprint density at radius 2 is 1.92 bits per heavy atom. The van der Waals surface area contributed by atoms with Crippen LogP contribution < -0.4 is 4.90 Å². The number of hydrogen-bond donors (Lipinski definition) is 0. The lowest BCUT2D eigenvalue weighted by molar-refractivity contribution is 0.0988. The van der Waals surface area contributed by atoms with Gasteiger partial charge in [0, 0.05) is 30.3 Å². The molecule has 3 aromatic rings. The van der Waals surface area contributed by atoms with Gasteiger partial charge in [0.1, 0.15) is 0 Å². The van der Waals surface area contributed by atoms with Crippen LogP contribution in [0.1, 0.15) is 28.7 Å². The van der Waals surface area contributed by atoms with E-state index < -0.39 is 0 Å². The van der Waals surface area contributed by atoms with Gasteiger partial charge in [-0.2, -0.15) is 4.98 Å². The van der Waals surface area contributed by atoms with Gasteiger partial charge in [-0.1, -0.05) is 35.5 Å². The Morgan fingerprint density at radius 1 is 1.12 bits per heavy atom. The molecule has 0 unspecified atom stereocenters. The average molecular weight is 321 g/mol. The van der Waals surface area contributed by atoms with Crippen LogP contribution in [0.5, 0.6) is 0 Å². The number of amides is 1. The third-order valence-electron chi connectivity index (χ3n) is 3.86. The maximum atomic E-state index is 13.0. The molecule has 0 bridgehead atoms. The van der Waals surface area contributed by atoms with Crippen LogP contribution in [0.2, 0.25) is 0 Å². The number of nitrogens with zero attached hydrogens (tertiary/aromatic N) is 3. The van der Waals surface area contributed by atoms with E-state index >= 15 is 0 Å². The van der Waals surface area contributed by atoms with Crippen LogP contribution >= 0.6 is 0 Å². The molecule has 0 aliphatic carbocycles. The summed E-state index contributed by atoms with van der Waals surface area (Å²) in [7, 11) is 0. The fourth-order valence-electron chi connectivity index (χ4n) is 2.65. The molecule has 1 amide bonds. The molecule has 1 aromatic heterocycles. The SMILES string of the molecule is CCN(C(=O)c1cccc(-c2noc(C)n2)c1)c1ccccc1C. The predicted molar refractivity (Wildman–Crippen MR) is 93.0 cm³/mol. The first-order valence-electron chi connectivity index (χ1n) is 7.88. The highest BCUT2D eigenvalue weighted by Gasteiger charge is 2.18. The molecule has 0 N–H and O–H groups in total. The molecule has 0 aliphatic heterocycles. The summed E-state index contributed by atoms with van der Waals surface area (Å²) in [6, 6.07) is 15.2. The van der Waals surface area contributed by atoms with Crippen molar-refractivity contribution in [2.75, 3.05) is 11.4 Å². The standard InChI is InChI=1S/C19H19N3O2/c1-4-22(17-11-6-5-8-13(17)2)19(23)16-10-7-9-15(12-16)18-20-14(3)24-21-18/h5-12H,4H2,1-3H3. The maximum Gasteiger partial charge on any atom is 0.258 e. The molecule has 0 atom stereocenters. The summed E-state index contributed by atoms with van der Waals surface area (Å²) in [5.74, 6) is 0.937. The number of anilines is 1. The van der Waals surface area contributed by atoms with Crippen molar-refractivity contribution < 1.29 is 9.32 Å². The normalized spacial score (nSPS) is 10.6. The van der Waals surface area contributed by atoms with Crippen molar-refractivity contribution in [2.24, 2.45) is 0 Å². The van der Waals surface area contributed by atoms with Crippen molar-refractivity contribution in [1.29, 1.82) is 0 Å². The van der Waals surface area contributed by atoms with Gasteiger partial charge in [-0.05, 0) is 37.6 Å². The number of carbonyl (C=O) groups excluding carboxylic acids is 1. The number of hydrogen-bond acceptors (Lipinski definition) is 4. The van der Waals surface area contributed by atoms with E-state index in [1.165, 1.54) is 0 Å². The van der Waals surface area contributed by atoms with Gasteiger partial charge in [0.25, 0.3) is 5.91 Å². The third-order valence-corrected chi connectivity index (χ3v) is 3.86. The minimum Gasteiger partial charge on any atom is -0.339 e. The zero-order chi connectivity index (χ0) is 17.1. The number of carbonyl (C=O) groups is 1. The average Bonchev–Trinajstić information content (AvgIpc) is 3.04. The van der Waals surface area contributed by atoms with Crippen LogP contribution in [0.3, 0.4) is 0 Å². The van der Waals surface area contributed by atoms with Crippen molar-refractivity contribution >= 4 is 11.6 Å². The van der Waals surface area contributed by atoms with Crippen molar-refractivity contribution in [3.63, 3.8) is 0 Å². The Morgan fingerprint density at radius 3 is 2.58 bits per heavy atom. The summed E-state index contributed by atoms with van der Waals surface area (Å²) < 4.78 is 5.02. The summed E-state index contributed by atoms with van der Waals surface area (Å²) in [5, 5.41) is 3.91. The number of rotatable bonds is 4. The van der Waals surface area contributed by atoms with E-state index in [4.69, 9.17) is 4.52 Å². The lowest BCUT2D eigenvalue weighted by Gasteiger charge is -2.23. The molecule has 0 saturated carbocycles. The van der Waals surface area contributed by atoms with E-state index in [-0.39, 0.29) is 5.91 Å². The van der Waals surface area contributed by atoms with E-state index in [0.29, 0.717) is 23.8 Å². The highest BCUT2D eigenvalue weighted by Crippen LogP contribution is 2.23. The van der Waals surface area contributed by atoms with E-state index in [0.717, 1.165) is 16.8 Å². The molecule has 5 nitrogen and oxygen atoms in total. The Hall–Kier alpha value is -2.95. The molecule has 2 aromatic carbocycles. The Labute approximate surface area is 140 Å². The fourth-order valence-corrected chi connectivity index (χ4v) is 2.65. The second kappa shape index (κ2) is 6.66. The van der Waals surface area contributed by atoms with Crippen LogP contribution in [0.15, 0.2) is 53.1 Å². The van der Waals surface area contributed by atoms with Gasteiger partial charge in [0.2, 0.25) is 11.7 Å². The summed E-state index contributed by atoms with van der Waals surface area (Å²) in [6.45, 7) is 6.30. The third kappa shape index (κ3) is 3.06. The van der Waals surface area contributed by atoms with Crippen LogP contribution in [0.4, 0.5) is 5.69 Å². The zero-order valence-electron chi connectivity index (χ0n) is 14.0. The maximum absolute atomic E-state index is 13.0. The van der Waals surface area contributed by atoms with E-state index in [1.54, 1.807) is 24.0 Å². The summed E-state index contributed by atoms with van der Waals surface area (Å²) >= 11 is 0. The number of aryl methyl sites for hydroxylation is 2. The lowest BCUT2D eigenvalue weighted by Crippen LogP contribution is -2.31. The van der Waals surface area contributed by atoms with Gasteiger partial charge in [0.05, 0.1) is 0 Å². The van der Waals surface area contributed by atoms with Gasteiger partial charge in [-0.15, -0.1) is 0 Å². The monoisotopic (exact) mass is 321 g/mol. The second-order valence-corrected chi connectivity index (χ2v) is 5.55. The summed E-state index contributed by atoms with van der Waals surface area (Å²) in [5.41, 5.74) is 3.35. The minimum absolute atomic E-state index is 0.0473. The number of benzene rings is 2. The van der Waals surface area contributed by atoms with Crippen molar-refractivity contribution in [3.8, 4) is 11.4 Å². The first-order chi connectivity index (χ1) is 11.6. The van der Waals surface area contributed by atoms with Crippen molar-refractivity contribution in [3.05, 3.63) is 65.5 Å². The lowest BCUT2D eigenvalue weighted by atomic mass is 10.1. The molecule has 3 rings (SSSR count). The van der Waals surface area contributed by atoms with Crippen LogP contribution in [0.25, 0.3) is 11.4 Å². The van der Waals surface area contributed by atoms with Crippen molar-refractivity contribution in [2.45, 2.75) is 20.8 Å². The van der Waals surface area contributed by atoms with Crippen LogP contribution in [-0.4, -0.2) is 22.6 Å². The zero-order valence-corrected chi connectivity index (χ0v) is 14.0. The Balaban J connectivity index is 1.96. The quantitative estimate of drug-likeness (QED) is 0.728. The van der Waals surface area contributed by atoms with E-state index in [2.05, 4.69) is 10.1 Å². The molecule has 5 heteroatoms. The van der Waals surface area contributed by atoms with Gasteiger partial charge < -0.3 is 9.42 Å². The van der Waals surface area contributed by atoms with Gasteiger partial charge >= 0.3 is 0 Å². The topological polar surface area (TPSA) is 59.2 Å². The van der Waals surface area contributed by atoms with Gasteiger partial charge in [0.15, 0.2) is 0 Å². The smallest absolute Gasteiger partial charge is 0.258 e. The largest absolute Gasteiger partial charge is 0.339 e. The minimum atomic E-state index is -0.0473. The molecule has 24 heavy (non-hydrogen) atoms. The van der Waals surface area contributed by atoms with E-state index in [1.807, 2.05) is 50.2 Å². The summed E-state index contributed by atoms with van der Waals surface area (Å²) in [4.78, 5) is 19.0. The molecular formula is C19H19N3O2. The number of para-hydroxylation sites is 1. The second-order valence-electron chi connectivity index (χ2n) is 5.55. The van der Waals surface area contributed by atoms with Crippen LogP contribution in [0, 0.1) is 13.8 Å². The molecular weight excluding hydrogens is 302 g/mol. The van der Waals surface area contributed by atoms with Gasteiger partial charge in [-0.3, -0.25) is 4.79 Å². The highest BCUT2D eigenvalue weighted by atomic mass is 16.5. The number of aromatic nitrogens is 2. The molecule has 122 valence electrons. The molecule has 0 fully saturated rings. The Kier molecular flexibility index (Phi) is 4.42. The van der Waals surface area contributed by atoms with Crippen LogP contribution in [-0.2, 0) is 0 Å². The van der Waals surface area contributed by atoms with Gasteiger partial charge in [-0.25, -0.2) is 0 Å². The highest BCUT2D eigenvalue weighted by molar-refractivity contribution is 6.07.